The summed E-state index contributed by atoms with van der Waals surface area (Å²) in [5.41, 5.74) is 1.95. The standard InChI is InChI=1S/C33H29Br2N3O8S/c1-5-45-24-12-18(6-11-23(24)39)30-29(32(42)44-4)17(2)36-33-38(30)31(41)27(47-33)14-19-13-25(43-3)26(15-22(19)35)46-16-28(40)37-21-9-7-20(34)8-10-21/h6-15,30,39H,5,16H2,1-4H3,(H,37,40)/b27-14+/t30-/m0/s1. The van der Waals surface area contributed by atoms with Crippen LogP contribution in [0.1, 0.15) is 31.0 Å². The molecule has 0 bridgehead atoms. The Morgan fingerprint density at radius 2 is 1.79 bits per heavy atom. The molecule has 1 aromatic heterocycles. The number of benzene rings is 3. The number of amides is 1. The molecule has 0 fully saturated rings. The number of allylic oxidation sites excluding steroid dienone is 1. The molecule has 1 amide bonds. The van der Waals surface area contributed by atoms with E-state index in [0.717, 1.165) is 15.8 Å². The molecule has 1 atom stereocenters. The van der Waals surface area contributed by atoms with E-state index < -0.39 is 17.6 Å². The Balaban J connectivity index is 1.51. The van der Waals surface area contributed by atoms with Crippen LogP contribution in [0.4, 0.5) is 5.69 Å². The summed E-state index contributed by atoms with van der Waals surface area (Å²) in [5.74, 6) is -0.174. The van der Waals surface area contributed by atoms with E-state index in [-0.39, 0.29) is 29.6 Å². The van der Waals surface area contributed by atoms with Crippen LogP contribution in [0.3, 0.4) is 0 Å². The lowest BCUT2D eigenvalue weighted by Crippen LogP contribution is -2.39. The van der Waals surface area contributed by atoms with Gasteiger partial charge in [0.05, 0.1) is 42.7 Å². The SMILES string of the molecule is CCOc1cc([C@H]2C(C(=O)OC)=C(C)N=c3s/c(=C/c4cc(OC)c(OCC(=O)Nc5ccc(Br)cc5)cc4Br)c(=O)n32)ccc1O. The summed E-state index contributed by atoms with van der Waals surface area (Å²) in [6.07, 6.45) is 1.68. The van der Waals surface area contributed by atoms with E-state index in [0.29, 0.717) is 54.4 Å². The third-order valence-electron chi connectivity index (χ3n) is 7.08. The highest BCUT2D eigenvalue weighted by Gasteiger charge is 2.33. The van der Waals surface area contributed by atoms with E-state index in [1.165, 1.54) is 24.9 Å². The van der Waals surface area contributed by atoms with Crippen molar-refractivity contribution >= 4 is 66.8 Å². The Morgan fingerprint density at radius 3 is 2.47 bits per heavy atom. The Bertz CT molecular complexity index is 2070. The molecule has 0 saturated heterocycles. The summed E-state index contributed by atoms with van der Waals surface area (Å²) >= 11 is 8.07. The maximum Gasteiger partial charge on any atom is 0.338 e. The number of fused-ring (bicyclic) bond motifs is 1. The zero-order chi connectivity index (χ0) is 33.8. The van der Waals surface area contributed by atoms with Gasteiger partial charge in [-0.25, -0.2) is 9.79 Å². The van der Waals surface area contributed by atoms with Crippen molar-refractivity contribution in [3.05, 3.63) is 106 Å². The quantitative estimate of drug-likeness (QED) is 0.213. The molecule has 244 valence electrons. The monoisotopic (exact) mass is 785 g/mol. The molecular formula is C33H29Br2N3O8S. The second kappa shape index (κ2) is 14.6. The van der Waals surface area contributed by atoms with E-state index in [9.17, 15) is 19.5 Å². The van der Waals surface area contributed by atoms with Crippen molar-refractivity contribution in [3.63, 3.8) is 0 Å². The number of carbonyl (C=O) groups is 2. The Labute approximate surface area is 290 Å². The van der Waals surface area contributed by atoms with Crippen LogP contribution in [0.25, 0.3) is 6.08 Å². The van der Waals surface area contributed by atoms with Gasteiger partial charge in [-0.15, -0.1) is 0 Å². The number of hydrogen-bond donors (Lipinski definition) is 2. The van der Waals surface area contributed by atoms with Crippen molar-refractivity contribution in [1.82, 2.24) is 4.57 Å². The van der Waals surface area contributed by atoms with Gasteiger partial charge in [0.25, 0.3) is 11.5 Å². The molecule has 2 heterocycles. The predicted octanol–water partition coefficient (Wildman–Crippen LogP) is 5.06. The number of phenolic OH excluding ortho intramolecular Hbond substituents is 1. The second-order valence-corrected chi connectivity index (χ2v) is 12.9. The lowest BCUT2D eigenvalue weighted by atomic mass is 9.95. The molecule has 1 aliphatic rings. The number of hydrogen-bond acceptors (Lipinski definition) is 10. The first kappa shape index (κ1) is 33.9. The van der Waals surface area contributed by atoms with Crippen LogP contribution in [-0.2, 0) is 14.3 Å². The van der Waals surface area contributed by atoms with Gasteiger partial charge in [-0.1, -0.05) is 49.3 Å². The van der Waals surface area contributed by atoms with E-state index >= 15 is 0 Å². The maximum absolute atomic E-state index is 14.0. The minimum Gasteiger partial charge on any atom is -0.504 e. The zero-order valence-electron chi connectivity index (χ0n) is 25.6. The zero-order valence-corrected chi connectivity index (χ0v) is 29.6. The van der Waals surface area contributed by atoms with E-state index in [4.69, 9.17) is 18.9 Å². The summed E-state index contributed by atoms with van der Waals surface area (Å²) in [6, 6.07) is 14.3. The first-order chi connectivity index (χ1) is 22.5. The van der Waals surface area contributed by atoms with E-state index in [2.05, 4.69) is 42.2 Å². The summed E-state index contributed by atoms with van der Waals surface area (Å²) in [6.45, 7) is 3.51. The van der Waals surface area contributed by atoms with Gasteiger partial charge in [0.15, 0.2) is 34.4 Å². The van der Waals surface area contributed by atoms with Crippen molar-refractivity contribution in [2.75, 3.05) is 32.8 Å². The number of methoxy groups -OCH3 is 2. The molecule has 0 saturated carbocycles. The van der Waals surface area contributed by atoms with Crippen LogP contribution in [-0.4, -0.2) is 49.0 Å². The van der Waals surface area contributed by atoms with Crippen LogP contribution in [0.15, 0.2) is 84.6 Å². The molecule has 0 aliphatic carbocycles. The molecule has 0 unspecified atom stereocenters. The summed E-state index contributed by atoms with van der Waals surface area (Å²) in [5, 5.41) is 13.1. The minimum atomic E-state index is -0.891. The minimum absolute atomic E-state index is 0.0697. The number of nitrogens with zero attached hydrogens (tertiary/aromatic N) is 2. The molecule has 14 heteroatoms. The molecule has 0 radical (unpaired) electrons. The van der Waals surface area contributed by atoms with Crippen LogP contribution in [0.2, 0.25) is 0 Å². The molecule has 11 nitrogen and oxygen atoms in total. The smallest absolute Gasteiger partial charge is 0.338 e. The molecular weight excluding hydrogens is 758 g/mol. The number of aromatic hydroxyl groups is 1. The molecule has 0 spiro atoms. The fourth-order valence-corrected chi connectivity index (χ4v) is 6.67. The van der Waals surface area contributed by atoms with Crippen molar-refractivity contribution in [3.8, 4) is 23.0 Å². The summed E-state index contributed by atoms with van der Waals surface area (Å²) in [4.78, 5) is 44.5. The Kier molecular flexibility index (Phi) is 10.5. The number of rotatable bonds is 10. The van der Waals surface area contributed by atoms with Gasteiger partial charge in [0.2, 0.25) is 0 Å². The Morgan fingerprint density at radius 1 is 1.04 bits per heavy atom. The van der Waals surface area contributed by atoms with Crippen LogP contribution < -0.4 is 34.4 Å². The third kappa shape index (κ3) is 7.29. The van der Waals surface area contributed by atoms with Gasteiger partial charge >= 0.3 is 5.97 Å². The van der Waals surface area contributed by atoms with Crippen LogP contribution >= 0.6 is 43.2 Å². The maximum atomic E-state index is 14.0. The fourth-order valence-electron chi connectivity index (χ4n) is 4.93. The Hall–Kier alpha value is -4.40. The van der Waals surface area contributed by atoms with Crippen molar-refractivity contribution in [2.45, 2.75) is 19.9 Å². The van der Waals surface area contributed by atoms with Gasteiger partial charge in [0.1, 0.15) is 0 Å². The highest BCUT2D eigenvalue weighted by Crippen LogP contribution is 2.36. The summed E-state index contributed by atoms with van der Waals surface area (Å²) < 4.78 is 25.2. The van der Waals surface area contributed by atoms with E-state index in [1.807, 2.05) is 12.1 Å². The van der Waals surface area contributed by atoms with E-state index in [1.54, 1.807) is 56.3 Å². The van der Waals surface area contributed by atoms with Gasteiger partial charge in [0, 0.05) is 14.6 Å². The van der Waals surface area contributed by atoms with Gasteiger partial charge in [-0.3, -0.25) is 14.2 Å². The van der Waals surface area contributed by atoms with Crippen LogP contribution in [0.5, 0.6) is 23.0 Å². The predicted molar refractivity (Wildman–Crippen MR) is 184 cm³/mol. The third-order valence-corrected chi connectivity index (χ3v) is 9.28. The molecule has 2 N–H and O–H groups in total. The molecule has 3 aromatic carbocycles. The van der Waals surface area contributed by atoms with Crippen LogP contribution in [0, 0.1) is 0 Å². The average molecular weight is 787 g/mol. The highest BCUT2D eigenvalue weighted by molar-refractivity contribution is 9.10. The topological polar surface area (TPSA) is 138 Å². The molecule has 4 aromatic rings. The fraction of sp³-hybridized carbons (Fsp3) is 0.212. The molecule has 5 rings (SSSR count). The number of halogens is 2. The molecule has 1 aliphatic heterocycles. The molecule has 47 heavy (non-hydrogen) atoms. The average Bonchev–Trinajstić information content (AvgIpc) is 3.35. The lowest BCUT2D eigenvalue weighted by Gasteiger charge is -2.24. The summed E-state index contributed by atoms with van der Waals surface area (Å²) in [7, 11) is 2.74. The first-order valence-corrected chi connectivity index (χ1v) is 16.6. The van der Waals surface area contributed by atoms with Crippen molar-refractivity contribution < 1.29 is 33.6 Å². The number of phenols is 1. The largest absolute Gasteiger partial charge is 0.504 e. The highest BCUT2D eigenvalue weighted by atomic mass is 79.9. The number of ether oxygens (including phenoxy) is 4. The van der Waals surface area contributed by atoms with Crippen molar-refractivity contribution in [1.29, 1.82) is 0 Å². The van der Waals surface area contributed by atoms with Crippen molar-refractivity contribution in [2.24, 2.45) is 4.99 Å². The van der Waals surface area contributed by atoms with Gasteiger partial charge < -0.3 is 29.4 Å². The number of esters is 1. The van der Waals surface area contributed by atoms with Gasteiger partial charge in [-0.2, -0.15) is 0 Å². The first-order valence-electron chi connectivity index (χ1n) is 14.2. The number of thiazole rings is 1. The van der Waals surface area contributed by atoms with Gasteiger partial charge in [-0.05, 0) is 79.6 Å². The number of anilines is 1. The lowest BCUT2D eigenvalue weighted by molar-refractivity contribution is -0.136. The normalized spacial score (nSPS) is 14.3. The number of carbonyl (C=O) groups excluding carboxylic acids is 2. The second-order valence-electron chi connectivity index (χ2n) is 10.1. The number of nitrogens with one attached hydrogen (secondary N) is 1. The number of aromatic nitrogens is 1.